The van der Waals surface area contributed by atoms with Gasteiger partial charge in [-0.2, -0.15) is 0 Å². The first-order valence-electron chi connectivity index (χ1n) is 9.63. The SMILES string of the molecule is CN=C(NCC(C)Oc1cccc(C)c1)NC1CCN(CC(=O)NC)CC1.I. The summed E-state index contributed by atoms with van der Waals surface area (Å²) in [6, 6.07) is 8.44. The van der Waals surface area contributed by atoms with Crippen LogP contribution in [-0.2, 0) is 4.79 Å². The second-order valence-electron chi connectivity index (χ2n) is 7.07. The number of aliphatic imine (C=N–C) groups is 1. The number of nitrogens with one attached hydrogen (secondary N) is 3. The number of carbonyl (C=O) groups excluding carboxylic acids is 1. The lowest BCUT2D eigenvalue weighted by Gasteiger charge is -2.32. The third kappa shape index (κ3) is 8.64. The van der Waals surface area contributed by atoms with E-state index in [-0.39, 0.29) is 36.0 Å². The molecule has 1 aromatic carbocycles. The molecule has 1 amide bonds. The summed E-state index contributed by atoms with van der Waals surface area (Å²) in [5, 5.41) is 9.49. The van der Waals surface area contributed by atoms with Crippen LogP contribution < -0.4 is 20.7 Å². The molecule has 0 bridgehead atoms. The molecule has 7 nitrogen and oxygen atoms in total. The van der Waals surface area contributed by atoms with Crippen molar-refractivity contribution in [3.63, 3.8) is 0 Å². The van der Waals surface area contributed by atoms with Gasteiger partial charge in [0.15, 0.2) is 5.96 Å². The smallest absolute Gasteiger partial charge is 0.233 e. The number of halogens is 1. The predicted octanol–water partition coefficient (Wildman–Crippen LogP) is 1.76. The van der Waals surface area contributed by atoms with Gasteiger partial charge in [0.1, 0.15) is 11.9 Å². The molecule has 1 heterocycles. The summed E-state index contributed by atoms with van der Waals surface area (Å²) in [5.74, 6) is 1.75. The molecule has 0 aromatic heterocycles. The van der Waals surface area contributed by atoms with E-state index in [0.717, 1.165) is 37.6 Å². The number of ether oxygens (including phenoxy) is 1. The standard InChI is InChI=1S/C20H33N5O2.HI/c1-15-6-5-7-18(12-15)27-16(2)13-23-20(22-4)24-17-8-10-25(11-9-17)14-19(26)21-3;/h5-7,12,16-17H,8-11,13-14H2,1-4H3,(H,21,26)(H2,22,23,24);1H. The van der Waals surface area contributed by atoms with E-state index in [1.807, 2.05) is 25.1 Å². The zero-order valence-corrected chi connectivity index (χ0v) is 19.7. The van der Waals surface area contributed by atoms with Crippen molar-refractivity contribution in [3.05, 3.63) is 29.8 Å². The van der Waals surface area contributed by atoms with E-state index >= 15 is 0 Å². The van der Waals surface area contributed by atoms with Crippen molar-refractivity contribution >= 4 is 35.8 Å². The maximum absolute atomic E-state index is 11.5. The highest BCUT2D eigenvalue weighted by Gasteiger charge is 2.21. The van der Waals surface area contributed by atoms with E-state index in [1.165, 1.54) is 5.56 Å². The largest absolute Gasteiger partial charge is 0.489 e. The molecule has 1 unspecified atom stereocenters. The van der Waals surface area contributed by atoms with Gasteiger partial charge in [-0.15, -0.1) is 24.0 Å². The Kier molecular flexibility index (Phi) is 11.2. The third-order valence-electron chi connectivity index (χ3n) is 4.68. The van der Waals surface area contributed by atoms with Gasteiger partial charge in [0.25, 0.3) is 0 Å². The van der Waals surface area contributed by atoms with Crippen LogP contribution in [0.1, 0.15) is 25.3 Å². The Labute approximate surface area is 185 Å². The van der Waals surface area contributed by atoms with Gasteiger partial charge in [-0.05, 0) is 44.4 Å². The molecule has 0 spiro atoms. The number of piperidine rings is 1. The molecule has 0 radical (unpaired) electrons. The maximum Gasteiger partial charge on any atom is 0.233 e. The Morgan fingerprint density at radius 2 is 2.07 bits per heavy atom. The van der Waals surface area contributed by atoms with E-state index in [1.54, 1.807) is 14.1 Å². The van der Waals surface area contributed by atoms with Gasteiger partial charge in [-0.3, -0.25) is 14.7 Å². The lowest BCUT2D eigenvalue weighted by molar-refractivity contribution is -0.122. The zero-order valence-electron chi connectivity index (χ0n) is 17.3. The first-order valence-corrected chi connectivity index (χ1v) is 9.63. The molecule has 1 fully saturated rings. The summed E-state index contributed by atoms with van der Waals surface area (Å²) in [5.41, 5.74) is 1.19. The van der Waals surface area contributed by atoms with Crippen LogP contribution in [0.2, 0.25) is 0 Å². The second kappa shape index (κ2) is 12.8. The number of benzene rings is 1. The quantitative estimate of drug-likeness (QED) is 0.301. The molecular formula is C20H34IN5O2. The summed E-state index contributed by atoms with van der Waals surface area (Å²) in [6.07, 6.45) is 2.01. The average molecular weight is 503 g/mol. The van der Waals surface area contributed by atoms with Crippen molar-refractivity contribution in [1.82, 2.24) is 20.9 Å². The Bertz CT molecular complexity index is 633. The van der Waals surface area contributed by atoms with Crippen molar-refractivity contribution in [2.45, 2.75) is 38.8 Å². The number of likely N-dealkylation sites (N-methyl/N-ethyl adjacent to an activating group) is 1. The van der Waals surface area contributed by atoms with Gasteiger partial charge in [0.2, 0.25) is 5.91 Å². The summed E-state index contributed by atoms with van der Waals surface area (Å²) >= 11 is 0. The molecule has 1 saturated heterocycles. The normalized spacial score (nSPS) is 16.6. The predicted molar refractivity (Wildman–Crippen MR) is 125 cm³/mol. The van der Waals surface area contributed by atoms with Gasteiger partial charge < -0.3 is 20.7 Å². The highest BCUT2D eigenvalue weighted by atomic mass is 127. The number of amides is 1. The average Bonchev–Trinajstić information content (AvgIpc) is 2.66. The molecule has 3 N–H and O–H groups in total. The van der Waals surface area contributed by atoms with Gasteiger partial charge in [-0.1, -0.05) is 12.1 Å². The molecule has 158 valence electrons. The Morgan fingerprint density at radius 3 is 2.68 bits per heavy atom. The van der Waals surface area contributed by atoms with Gasteiger partial charge in [0.05, 0.1) is 13.1 Å². The first-order chi connectivity index (χ1) is 13.0. The van der Waals surface area contributed by atoms with Crippen molar-refractivity contribution in [3.8, 4) is 5.75 Å². The highest BCUT2D eigenvalue weighted by Crippen LogP contribution is 2.14. The molecule has 28 heavy (non-hydrogen) atoms. The number of carbonyl (C=O) groups is 1. The van der Waals surface area contributed by atoms with Crippen LogP contribution in [0.25, 0.3) is 0 Å². The van der Waals surface area contributed by atoms with E-state index in [2.05, 4.69) is 38.8 Å². The Hall–Kier alpha value is -1.55. The second-order valence-corrected chi connectivity index (χ2v) is 7.07. The van der Waals surface area contributed by atoms with Crippen LogP contribution in [0.3, 0.4) is 0 Å². The van der Waals surface area contributed by atoms with Gasteiger partial charge in [-0.25, -0.2) is 0 Å². The van der Waals surface area contributed by atoms with E-state index in [0.29, 0.717) is 19.1 Å². The lowest BCUT2D eigenvalue weighted by atomic mass is 10.1. The molecule has 1 atom stereocenters. The third-order valence-corrected chi connectivity index (χ3v) is 4.68. The van der Waals surface area contributed by atoms with Gasteiger partial charge in [0, 0.05) is 33.2 Å². The van der Waals surface area contributed by atoms with Crippen LogP contribution >= 0.6 is 24.0 Å². The number of hydrogen-bond donors (Lipinski definition) is 3. The van der Waals surface area contributed by atoms with Crippen LogP contribution in [0.5, 0.6) is 5.75 Å². The molecule has 1 aliphatic heterocycles. The molecule has 0 aliphatic carbocycles. The fraction of sp³-hybridized carbons (Fsp3) is 0.600. The van der Waals surface area contributed by atoms with Crippen LogP contribution in [0, 0.1) is 6.92 Å². The van der Waals surface area contributed by atoms with Crippen LogP contribution in [0.4, 0.5) is 0 Å². The number of hydrogen-bond acceptors (Lipinski definition) is 4. The Morgan fingerprint density at radius 1 is 1.36 bits per heavy atom. The zero-order chi connectivity index (χ0) is 19.6. The molecule has 8 heteroatoms. The molecule has 0 saturated carbocycles. The number of aryl methyl sites for hydroxylation is 1. The minimum atomic E-state index is 0. The lowest BCUT2D eigenvalue weighted by Crippen LogP contribution is -2.51. The summed E-state index contributed by atoms with van der Waals surface area (Å²) in [7, 11) is 3.46. The first kappa shape index (κ1) is 24.5. The van der Waals surface area contributed by atoms with Crippen molar-refractivity contribution in [1.29, 1.82) is 0 Å². The van der Waals surface area contributed by atoms with E-state index < -0.39 is 0 Å². The highest BCUT2D eigenvalue weighted by molar-refractivity contribution is 14.0. The van der Waals surface area contributed by atoms with Crippen LogP contribution in [-0.4, -0.2) is 69.2 Å². The number of nitrogens with zero attached hydrogens (tertiary/aromatic N) is 2. The van der Waals surface area contributed by atoms with E-state index in [4.69, 9.17) is 4.74 Å². The number of likely N-dealkylation sites (tertiary alicyclic amines) is 1. The monoisotopic (exact) mass is 503 g/mol. The topological polar surface area (TPSA) is 78.0 Å². The minimum absolute atomic E-state index is 0. The molecular weight excluding hydrogens is 469 g/mol. The summed E-state index contributed by atoms with van der Waals surface area (Å²) < 4.78 is 5.95. The van der Waals surface area contributed by atoms with Crippen LogP contribution in [0.15, 0.2) is 29.3 Å². The summed E-state index contributed by atoms with van der Waals surface area (Å²) in [4.78, 5) is 18.0. The minimum Gasteiger partial charge on any atom is -0.489 e. The van der Waals surface area contributed by atoms with E-state index in [9.17, 15) is 4.79 Å². The number of rotatable bonds is 7. The Balaban J connectivity index is 0.00000392. The van der Waals surface area contributed by atoms with Crippen molar-refractivity contribution < 1.29 is 9.53 Å². The fourth-order valence-electron chi connectivity index (χ4n) is 3.11. The molecule has 1 aliphatic rings. The fourth-order valence-corrected chi connectivity index (χ4v) is 3.11. The van der Waals surface area contributed by atoms with Crippen molar-refractivity contribution in [2.75, 3.05) is 40.3 Å². The number of guanidine groups is 1. The van der Waals surface area contributed by atoms with Crippen molar-refractivity contribution in [2.24, 2.45) is 4.99 Å². The summed E-state index contributed by atoms with van der Waals surface area (Å²) in [6.45, 7) is 7.07. The van der Waals surface area contributed by atoms with Gasteiger partial charge >= 0.3 is 0 Å². The maximum atomic E-state index is 11.5. The molecule has 1 aromatic rings. The molecule has 2 rings (SSSR count).